The Morgan fingerprint density at radius 1 is 1.19 bits per heavy atom. The maximum Gasteiger partial charge on any atom is 0.121 e. The van der Waals surface area contributed by atoms with Crippen molar-refractivity contribution in [3.63, 3.8) is 0 Å². The second-order valence-corrected chi connectivity index (χ2v) is 3.42. The molecule has 1 aromatic heterocycles. The van der Waals surface area contributed by atoms with E-state index < -0.39 is 0 Å². The van der Waals surface area contributed by atoms with Crippen molar-refractivity contribution < 1.29 is 4.74 Å². The molecule has 1 aromatic carbocycles. The Kier molecular flexibility index (Phi) is 3.05. The van der Waals surface area contributed by atoms with Crippen LogP contribution in [0.2, 0.25) is 0 Å². The van der Waals surface area contributed by atoms with Crippen molar-refractivity contribution in [1.29, 1.82) is 0 Å². The summed E-state index contributed by atoms with van der Waals surface area (Å²) >= 11 is 0. The van der Waals surface area contributed by atoms with Crippen LogP contribution in [0, 0.1) is 0 Å². The Hall–Kier alpha value is -2.03. The molecule has 0 unspecified atom stereocenters. The highest BCUT2D eigenvalue weighted by Gasteiger charge is 2.03. The van der Waals surface area contributed by atoms with Crippen LogP contribution in [0.3, 0.4) is 0 Å². The Bertz CT molecular complexity index is 469. The molecule has 3 heteroatoms. The van der Waals surface area contributed by atoms with Crippen LogP contribution < -0.4 is 10.5 Å². The molecule has 0 aliphatic carbocycles. The zero-order valence-electron chi connectivity index (χ0n) is 9.18. The van der Waals surface area contributed by atoms with Gasteiger partial charge in [0.1, 0.15) is 5.75 Å². The molecular weight excluding hydrogens is 200 g/mol. The van der Waals surface area contributed by atoms with E-state index in [4.69, 9.17) is 10.5 Å². The number of ether oxygens (including phenoxy) is 1. The number of hydrogen-bond acceptors (Lipinski definition) is 3. The lowest BCUT2D eigenvalue weighted by Crippen LogP contribution is -1.95. The van der Waals surface area contributed by atoms with Crippen LogP contribution >= 0.6 is 0 Å². The number of nitrogens with zero attached hydrogens (tertiary/aromatic N) is 1. The summed E-state index contributed by atoms with van der Waals surface area (Å²) in [6, 6.07) is 9.61. The van der Waals surface area contributed by atoms with E-state index in [9.17, 15) is 0 Å². The van der Waals surface area contributed by atoms with Gasteiger partial charge in [-0.1, -0.05) is 0 Å². The Morgan fingerprint density at radius 3 is 2.56 bits per heavy atom. The summed E-state index contributed by atoms with van der Waals surface area (Å²) in [5.74, 6) is 0.804. The average molecular weight is 214 g/mol. The molecule has 2 rings (SSSR count). The SMILES string of the molecule is CCOc1ccc(-c2ccncc2)c(N)c1. The third kappa shape index (κ3) is 2.14. The van der Waals surface area contributed by atoms with Crippen LogP contribution in [-0.2, 0) is 0 Å². The predicted octanol–water partition coefficient (Wildman–Crippen LogP) is 2.73. The van der Waals surface area contributed by atoms with Crippen molar-refractivity contribution >= 4 is 5.69 Å². The zero-order valence-corrected chi connectivity index (χ0v) is 9.18. The molecule has 2 aromatic rings. The number of anilines is 1. The summed E-state index contributed by atoms with van der Waals surface area (Å²) in [6.07, 6.45) is 3.51. The summed E-state index contributed by atoms with van der Waals surface area (Å²) in [5, 5.41) is 0. The van der Waals surface area contributed by atoms with E-state index in [0.717, 1.165) is 22.6 Å². The van der Waals surface area contributed by atoms with E-state index in [2.05, 4.69) is 4.98 Å². The van der Waals surface area contributed by atoms with Crippen molar-refractivity contribution in [2.24, 2.45) is 0 Å². The minimum Gasteiger partial charge on any atom is -0.494 e. The van der Waals surface area contributed by atoms with Gasteiger partial charge in [-0.2, -0.15) is 0 Å². The van der Waals surface area contributed by atoms with Crippen LogP contribution in [0.25, 0.3) is 11.1 Å². The van der Waals surface area contributed by atoms with Crippen LogP contribution in [0.4, 0.5) is 5.69 Å². The van der Waals surface area contributed by atoms with Gasteiger partial charge >= 0.3 is 0 Å². The van der Waals surface area contributed by atoms with Crippen molar-refractivity contribution in [3.8, 4) is 16.9 Å². The first-order chi connectivity index (χ1) is 7.81. The fourth-order valence-corrected chi connectivity index (χ4v) is 1.59. The number of nitrogens with two attached hydrogens (primary N) is 1. The van der Waals surface area contributed by atoms with Crippen molar-refractivity contribution in [3.05, 3.63) is 42.7 Å². The van der Waals surface area contributed by atoms with E-state index in [1.165, 1.54) is 0 Å². The molecule has 0 fully saturated rings. The maximum atomic E-state index is 5.98. The lowest BCUT2D eigenvalue weighted by molar-refractivity contribution is 0.340. The summed E-state index contributed by atoms with van der Waals surface area (Å²) in [7, 11) is 0. The Labute approximate surface area is 94.9 Å². The molecule has 1 heterocycles. The number of benzene rings is 1. The third-order valence-corrected chi connectivity index (χ3v) is 2.33. The molecule has 0 atom stereocenters. The first kappa shape index (κ1) is 10.5. The van der Waals surface area contributed by atoms with Crippen molar-refractivity contribution in [2.75, 3.05) is 12.3 Å². The van der Waals surface area contributed by atoms with Crippen LogP contribution in [-0.4, -0.2) is 11.6 Å². The van der Waals surface area contributed by atoms with Crippen LogP contribution in [0.5, 0.6) is 5.75 Å². The molecule has 0 aliphatic heterocycles. The molecule has 0 radical (unpaired) electrons. The van der Waals surface area contributed by atoms with Gasteiger partial charge in [0.15, 0.2) is 0 Å². The van der Waals surface area contributed by atoms with E-state index in [1.807, 2.05) is 37.3 Å². The summed E-state index contributed by atoms with van der Waals surface area (Å²) in [6.45, 7) is 2.60. The lowest BCUT2D eigenvalue weighted by Gasteiger charge is -2.08. The molecule has 0 spiro atoms. The van der Waals surface area contributed by atoms with E-state index >= 15 is 0 Å². The number of nitrogen functional groups attached to an aromatic ring is 1. The van der Waals surface area contributed by atoms with Crippen LogP contribution in [0.1, 0.15) is 6.92 Å². The van der Waals surface area contributed by atoms with Crippen LogP contribution in [0.15, 0.2) is 42.7 Å². The summed E-state index contributed by atoms with van der Waals surface area (Å²) in [4.78, 5) is 3.98. The monoisotopic (exact) mass is 214 g/mol. The molecule has 0 saturated carbocycles. The maximum absolute atomic E-state index is 5.98. The smallest absolute Gasteiger partial charge is 0.121 e. The quantitative estimate of drug-likeness (QED) is 0.799. The minimum absolute atomic E-state index is 0.647. The first-order valence-electron chi connectivity index (χ1n) is 5.24. The lowest BCUT2D eigenvalue weighted by atomic mass is 10.1. The average Bonchev–Trinajstić information content (AvgIpc) is 2.31. The van der Waals surface area contributed by atoms with Gasteiger partial charge < -0.3 is 10.5 Å². The molecular formula is C13H14N2O. The van der Waals surface area contributed by atoms with Gasteiger partial charge in [-0.15, -0.1) is 0 Å². The molecule has 0 amide bonds. The molecule has 16 heavy (non-hydrogen) atoms. The highest BCUT2D eigenvalue weighted by Crippen LogP contribution is 2.28. The predicted molar refractivity (Wildman–Crippen MR) is 65.3 cm³/mol. The Morgan fingerprint density at radius 2 is 1.94 bits per heavy atom. The highest BCUT2D eigenvalue weighted by molar-refractivity contribution is 5.77. The van der Waals surface area contributed by atoms with Gasteiger partial charge in [-0.3, -0.25) is 4.98 Å². The largest absolute Gasteiger partial charge is 0.494 e. The molecule has 82 valence electrons. The van der Waals surface area contributed by atoms with Gasteiger partial charge in [0.25, 0.3) is 0 Å². The standard InChI is InChI=1S/C13H14N2O/c1-2-16-11-3-4-12(13(14)9-11)10-5-7-15-8-6-10/h3-9H,2,14H2,1H3. The molecule has 3 nitrogen and oxygen atoms in total. The number of pyridine rings is 1. The van der Waals surface area contributed by atoms with Gasteiger partial charge in [-0.05, 0) is 36.8 Å². The minimum atomic E-state index is 0.647. The first-order valence-corrected chi connectivity index (χ1v) is 5.24. The van der Waals surface area contributed by atoms with Gasteiger partial charge in [-0.25, -0.2) is 0 Å². The molecule has 0 bridgehead atoms. The van der Waals surface area contributed by atoms with Gasteiger partial charge in [0.05, 0.1) is 6.61 Å². The molecule has 0 aliphatic rings. The molecule has 2 N–H and O–H groups in total. The fraction of sp³-hybridized carbons (Fsp3) is 0.154. The summed E-state index contributed by atoms with van der Waals surface area (Å²) < 4.78 is 5.39. The van der Waals surface area contributed by atoms with Gasteiger partial charge in [0, 0.05) is 29.7 Å². The zero-order chi connectivity index (χ0) is 11.4. The molecule has 0 saturated heterocycles. The fourth-order valence-electron chi connectivity index (χ4n) is 1.59. The number of aromatic nitrogens is 1. The van der Waals surface area contributed by atoms with E-state index in [1.54, 1.807) is 12.4 Å². The normalized spacial score (nSPS) is 10.1. The van der Waals surface area contributed by atoms with E-state index in [0.29, 0.717) is 6.61 Å². The summed E-state index contributed by atoms with van der Waals surface area (Å²) in [5.41, 5.74) is 8.77. The Balaban J connectivity index is 2.37. The number of rotatable bonds is 3. The van der Waals surface area contributed by atoms with Crippen molar-refractivity contribution in [1.82, 2.24) is 4.98 Å². The number of hydrogen-bond donors (Lipinski definition) is 1. The van der Waals surface area contributed by atoms with Crippen molar-refractivity contribution in [2.45, 2.75) is 6.92 Å². The van der Waals surface area contributed by atoms with E-state index in [-0.39, 0.29) is 0 Å². The third-order valence-electron chi connectivity index (χ3n) is 2.33. The second kappa shape index (κ2) is 4.66. The van der Waals surface area contributed by atoms with Gasteiger partial charge in [0.2, 0.25) is 0 Å². The second-order valence-electron chi connectivity index (χ2n) is 3.42. The topological polar surface area (TPSA) is 48.1 Å². The highest BCUT2D eigenvalue weighted by atomic mass is 16.5.